The predicted octanol–water partition coefficient (Wildman–Crippen LogP) is 2.77. The van der Waals surface area contributed by atoms with E-state index in [2.05, 4.69) is 37.2 Å². The van der Waals surface area contributed by atoms with Gasteiger partial charge >= 0.3 is 5.69 Å². The van der Waals surface area contributed by atoms with Gasteiger partial charge in [-0.2, -0.15) is 0 Å². The van der Waals surface area contributed by atoms with Crippen molar-refractivity contribution in [2.75, 3.05) is 45.1 Å². The van der Waals surface area contributed by atoms with Crippen LogP contribution in [0.15, 0.2) is 59.8 Å². The van der Waals surface area contributed by atoms with Gasteiger partial charge in [0.25, 0.3) is 0 Å². The number of aromatic amines is 3. The third kappa shape index (κ3) is 4.05. The van der Waals surface area contributed by atoms with E-state index in [4.69, 9.17) is 0 Å². The maximum absolute atomic E-state index is 13.3. The van der Waals surface area contributed by atoms with Gasteiger partial charge in [0.2, 0.25) is 5.91 Å². The fourth-order valence-electron chi connectivity index (χ4n) is 4.92. The van der Waals surface area contributed by atoms with Crippen LogP contribution in [-0.4, -0.2) is 80.0 Å². The molecule has 10 nitrogen and oxygen atoms in total. The third-order valence-electron chi connectivity index (χ3n) is 6.87. The number of rotatable bonds is 5. The topological polar surface area (TPSA) is 118 Å². The molecule has 184 valence electrons. The summed E-state index contributed by atoms with van der Waals surface area (Å²) in [6, 6.07) is 13.7. The first-order valence-electron chi connectivity index (χ1n) is 12.1. The minimum absolute atomic E-state index is 0.0183. The van der Waals surface area contributed by atoms with Gasteiger partial charge in [0.1, 0.15) is 5.82 Å². The highest BCUT2D eigenvalue weighted by Crippen LogP contribution is 2.31. The Hall–Kier alpha value is -4.31. The normalized spacial score (nSPS) is 15.0. The number of nitrogens with zero attached hydrogens (tertiary/aromatic N) is 4. The van der Waals surface area contributed by atoms with Crippen LogP contribution in [0.2, 0.25) is 0 Å². The third-order valence-corrected chi connectivity index (χ3v) is 6.87. The van der Waals surface area contributed by atoms with Gasteiger partial charge in [-0.3, -0.25) is 14.3 Å². The zero-order valence-corrected chi connectivity index (χ0v) is 20.0. The molecule has 10 heteroatoms. The molecule has 0 spiro atoms. The van der Waals surface area contributed by atoms with E-state index in [1.54, 1.807) is 10.9 Å². The first-order chi connectivity index (χ1) is 17.6. The second kappa shape index (κ2) is 9.04. The number of carbonyl (C=O) groups excluding carboxylic acids is 1. The molecule has 1 saturated heterocycles. The molecule has 0 radical (unpaired) electrons. The first kappa shape index (κ1) is 22.2. The van der Waals surface area contributed by atoms with Crippen molar-refractivity contribution in [2.45, 2.75) is 6.42 Å². The van der Waals surface area contributed by atoms with Crippen LogP contribution in [0, 0.1) is 0 Å². The number of anilines is 1. The van der Waals surface area contributed by atoms with Crippen LogP contribution in [0.4, 0.5) is 5.82 Å². The number of benzene rings is 2. The lowest BCUT2D eigenvalue weighted by atomic mass is 10.1. The molecule has 1 amide bonds. The van der Waals surface area contributed by atoms with Crippen LogP contribution in [-0.2, 0) is 4.79 Å². The van der Waals surface area contributed by atoms with Crippen molar-refractivity contribution < 1.29 is 4.79 Å². The number of fused-ring (bicyclic) bond motifs is 2. The SMILES string of the molecule is CN1CCCN(C(=O)CNc2[nH]c(=O)n(-c3ccc4nc[nH]c4c3)c2-c2ccc3[nH]ccc3c2)CC1. The number of imidazole rings is 2. The molecule has 0 atom stereocenters. The van der Waals surface area contributed by atoms with Gasteiger partial charge < -0.3 is 25.1 Å². The van der Waals surface area contributed by atoms with Crippen molar-refractivity contribution in [1.82, 2.24) is 34.3 Å². The Morgan fingerprint density at radius 1 is 1.03 bits per heavy atom. The number of amides is 1. The summed E-state index contributed by atoms with van der Waals surface area (Å²) in [5.41, 5.74) is 4.62. The maximum atomic E-state index is 13.3. The number of likely N-dealkylation sites (N-methyl/N-ethyl adjacent to an activating group) is 1. The van der Waals surface area contributed by atoms with Crippen molar-refractivity contribution in [3.8, 4) is 16.9 Å². The summed E-state index contributed by atoms with van der Waals surface area (Å²) in [5.74, 6) is 0.532. The summed E-state index contributed by atoms with van der Waals surface area (Å²) >= 11 is 0. The fraction of sp³-hybridized carbons (Fsp3) is 0.269. The van der Waals surface area contributed by atoms with Gasteiger partial charge in [0, 0.05) is 42.3 Å². The maximum Gasteiger partial charge on any atom is 0.332 e. The van der Waals surface area contributed by atoms with E-state index in [0.717, 1.165) is 53.6 Å². The summed E-state index contributed by atoms with van der Waals surface area (Å²) in [6.45, 7) is 3.39. The summed E-state index contributed by atoms with van der Waals surface area (Å²) in [4.78, 5) is 44.0. The molecule has 1 aliphatic rings. The van der Waals surface area contributed by atoms with Gasteiger partial charge in [-0.15, -0.1) is 0 Å². The van der Waals surface area contributed by atoms with E-state index in [-0.39, 0.29) is 18.1 Å². The fourth-order valence-corrected chi connectivity index (χ4v) is 4.92. The lowest BCUT2D eigenvalue weighted by Gasteiger charge is -2.21. The van der Waals surface area contributed by atoms with Crippen LogP contribution in [0.25, 0.3) is 38.9 Å². The molecule has 36 heavy (non-hydrogen) atoms. The number of H-pyrrole nitrogens is 3. The highest BCUT2D eigenvalue weighted by Gasteiger charge is 2.21. The minimum atomic E-state index is -0.288. The molecular formula is C26H28N8O2. The monoisotopic (exact) mass is 484 g/mol. The molecule has 6 rings (SSSR count). The molecule has 0 unspecified atom stereocenters. The smallest absolute Gasteiger partial charge is 0.332 e. The Labute approximate surface area is 206 Å². The van der Waals surface area contributed by atoms with Crippen LogP contribution >= 0.6 is 0 Å². The van der Waals surface area contributed by atoms with Crippen LogP contribution in [0.5, 0.6) is 0 Å². The van der Waals surface area contributed by atoms with Crippen molar-refractivity contribution in [3.05, 3.63) is 65.5 Å². The van der Waals surface area contributed by atoms with Crippen molar-refractivity contribution in [1.29, 1.82) is 0 Å². The molecule has 1 aliphatic heterocycles. The molecular weight excluding hydrogens is 456 g/mol. The van der Waals surface area contributed by atoms with Crippen molar-refractivity contribution in [2.24, 2.45) is 0 Å². The summed E-state index contributed by atoms with van der Waals surface area (Å²) in [5, 5.41) is 4.27. The van der Waals surface area contributed by atoms with Gasteiger partial charge in [-0.1, -0.05) is 6.07 Å². The minimum Gasteiger partial charge on any atom is -0.361 e. The van der Waals surface area contributed by atoms with Crippen LogP contribution in [0.3, 0.4) is 0 Å². The van der Waals surface area contributed by atoms with E-state index in [9.17, 15) is 9.59 Å². The van der Waals surface area contributed by atoms with Gasteiger partial charge in [-0.25, -0.2) is 9.78 Å². The molecule has 3 aromatic heterocycles. The Morgan fingerprint density at radius 2 is 1.94 bits per heavy atom. The number of hydrogen-bond acceptors (Lipinski definition) is 5. The zero-order chi connectivity index (χ0) is 24.6. The second-order valence-electron chi connectivity index (χ2n) is 9.26. The van der Waals surface area contributed by atoms with E-state index in [1.165, 1.54) is 0 Å². The van der Waals surface area contributed by atoms with E-state index < -0.39 is 0 Å². The average molecular weight is 485 g/mol. The predicted molar refractivity (Wildman–Crippen MR) is 141 cm³/mol. The molecule has 0 bridgehead atoms. The van der Waals surface area contributed by atoms with E-state index in [0.29, 0.717) is 23.7 Å². The highest BCUT2D eigenvalue weighted by atomic mass is 16.2. The summed E-state index contributed by atoms with van der Waals surface area (Å²) in [7, 11) is 2.08. The number of nitrogens with one attached hydrogen (secondary N) is 4. The molecule has 0 saturated carbocycles. The van der Waals surface area contributed by atoms with Crippen LogP contribution < -0.4 is 11.0 Å². The summed E-state index contributed by atoms with van der Waals surface area (Å²) < 4.78 is 1.64. The lowest BCUT2D eigenvalue weighted by Crippen LogP contribution is -2.38. The summed E-state index contributed by atoms with van der Waals surface area (Å²) in [6.07, 6.45) is 4.48. The average Bonchev–Trinajstić information content (AvgIpc) is 3.58. The van der Waals surface area contributed by atoms with Gasteiger partial charge in [0.05, 0.1) is 35.3 Å². The zero-order valence-electron chi connectivity index (χ0n) is 20.0. The molecule has 2 aromatic carbocycles. The van der Waals surface area contributed by atoms with Crippen molar-refractivity contribution in [3.63, 3.8) is 0 Å². The van der Waals surface area contributed by atoms with Crippen LogP contribution in [0.1, 0.15) is 6.42 Å². The Bertz CT molecular complexity index is 1610. The number of carbonyl (C=O) groups is 1. The van der Waals surface area contributed by atoms with Gasteiger partial charge in [0.15, 0.2) is 0 Å². The molecule has 1 fully saturated rings. The molecule has 4 heterocycles. The number of aromatic nitrogens is 5. The standard InChI is InChI=1S/C26H28N8O2/c1-32-9-2-10-33(12-11-32)23(35)15-28-25-24(18-3-5-20-17(13-18)7-8-27-20)34(26(36)31-25)19-4-6-21-22(14-19)30-16-29-21/h3-8,13-14,16,27-28H,2,9-12,15H2,1H3,(H,29,30)(H,31,36). The van der Waals surface area contributed by atoms with Crippen molar-refractivity contribution >= 4 is 33.7 Å². The quantitative estimate of drug-likeness (QED) is 0.306. The number of hydrogen-bond donors (Lipinski definition) is 4. The lowest BCUT2D eigenvalue weighted by molar-refractivity contribution is -0.129. The van der Waals surface area contributed by atoms with E-state index in [1.807, 2.05) is 53.6 Å². The highest BCUT2D eigenvalue weighted by molar-refractivity contribution is 5.88. The molecule has 4 N–H and O–H groups in total. The second-order valence-corrected chi connectivity index (χ2v) is 9.26. The largest absolute Gasteiger partial charge is 0.361 e. The Balaban J connectivity index is 1.39. The van der Waals surface area contributed by atoms with E-state index >= 15 is 0 Å². The van der Waals surface area contributed by atoms with Gasteiger partial charge in [-0.05, 0) is 56.4 Å². The first-order valence-corrected chi connectivity index (χ1v) is 12.1. The molecule has 0 aliphatic carbocycles. The molecule has 5 aromatic rings. The Kier molecular flexibility index (Phi) is 5.57. The Morgan fingerprint density at radius 3 is 2.86 bits per heavy atom.